The third kappa shape index (κ3) is 1.48. The van der Waals surface area contributed by atoms with Crippen molar-refractivity contribution in [2.24, 2.45) is 5.73 Å². The van der Waals surface area contributed by atoms with E-state index in [4.69, 9.17) is 10.5 Å². The zero-order chi connectivity index (χ0) is 9.26. The second kappa shape index (κ2) is 3.06. The zero-order valence-electron chi connectivity index (χ0n) is 6.88. The summed E-state index contributed by atoms with van der Waals surface area (Å²) in [5, 5.41) is 2.96. The monoisotopic (exact) mass is 180 g/mol. The van der Waals surface area contributed by atoms with E-state index in [0.717, 1.165) is 5.70 Å². The van der Waals surface area contributed by atoms with Crippen LogP contribution in [0.3, 0.4) is 0 Å². The number of hydrogen-bond donors (Lipinski definition) is 2. The molecule has 1 aromatic carbocycles. The molecule has 0 aliphatic carbocycles. The van der Waals surface area contributed by atoms with E-state index >= 15 is 0 Å². The van der Waals surface area contributed by atoms with Crippen LogP contribution in [0.5, 0.6) is 5.75 Å². The van der Waals surface area contributed by atoms with Gasteiger partial charge < -0.3 is 15.8 Å². The minimum Gasteiger partial charge on any atom is -0.461 e. The number of fused-ring (bicyclic) bond motifs is 1. The van der Waals surface area contributed by atoms with Gasteiger partial charge in [0.25, 0.3) is 0 Å². The quantitative estimate of drug-likeness (QED) is 0.687. The minimum atomic E-state index is -0.298. The molecule has 1 aromatic rings. The third-order valence-corrected chi connectivity index (χ3v) is 1.78. The van der Waals surface area contributed by atoms with E-state index in [0.29, 0.717) is 18.0 Å². The van der Waals surface area contributed by atoms with Crippen LogP contribution in [0.2, 0.25) is 0 Å². The van der Waals surface area contributed by atoms with Crippen molar-refractivity contribution in [3.05, 3.63) is 36.0 Å². The molecule has 0 spiro atoms. The van der Waals surface area contributed by atoms with Gasteiger partial charge in [-0.15, -0.1) is 0 Å². The van der Waals surface area contributed by atoms with Gasteiger partial charge in [-0.05, 0) is 12.1 Å². The minimum absolute atomic E-state index is 0.298. The van der Waals surface area contributed by atoms with Gasteiger partial charge in [0.15, 0.2) is 0 Å². The number of hydrogen-bond acceptors (Lipinski definition) is 3. The van der Waals surface area contributed by atoms with Crippen molar-refractivity contribution in [1.29, 1.82) is 0 Å². The van der Waals surface area contributed by atoms with Crippen LogP contribution in [0.4, 0.5) is 10.1 Å². The molecule has 1 heterocycles. The van der Waals surface area contributed by atoms with Gasteiger partial charge in [0, 0.05) is 12.6 Å². The number of halogens is 1. The first-order valence-electron chi connectivity index (χ1n) is 3.92. The van der Waals surface area contributed by atoms with Crippen LogP contribution in [0.1, 0.15) is 0 Å². The smallest absolute Gasteiger partial charge is 0.150 e. The summed E-state index contributed by atoms with van der Waals surface area (Å²) in [6, 6.07) is 4.29. The molecule has 0 aromatic heterocycles. The Hall–Kier alpha value is -1.55. The summed E-state index contributed by atoms with van der Waals surface area (Å²) >= 11 is 0. The van der Waals surface area contributed by atoms with Crippen LogP contribution in [0, 0.1) is 5.82 Å². The van der Waals surface area contributed by atoms with Crippen molar-refractivity contribution in [2.45, 2.75) is 0 Å². The number of benzene rings is 1. The second-order valence-corrected chi connectivity index (χ2v) is 2.73. The Balaban J connectivity index is 2.34. The van der Waals surface area contributed by atoms with Crippen molar-refractivity contribution < 1.29 is 9.13 Å². The van der Waals surface area contributed by atoms with E-state index < -0.39 is 0 Å². The van der Waals surface area contributed by atoms with Crippen LogP contribution >= 0.6 is 0 Å². The summed E-state index contributed by atoms with van der Waals surface area (Å²) in [5.74, 6) is 0.312. The van der Waals surface area contributed by atoms with Gasteiger partial charge in [-0.3, -0.25) is 0 Å². The first-order chi connectivity index (χ1) is 6.29. The summed E-state index contributed by atoms with van der Waals surface area (Å²) in [5.41, 5.74) is 6.74. The second-order valence-electron chi connectivity index (χ2n) is 2.73. The molecule has 0 amide bonds. The molecular formula is C9H9FN2O. The van der Waals surface area contributed by atoms with E-state index in [1.54, 1.807) is 6.07 Å². The highest BCUT2D eigenvalue weighted by Crippen LogP contribution is 2.29. The van der Waals surface area contributed by atoms with Gasteiger partial charge in [0.1, 0.15) is 17.8 Å². The molecule has 1 aliphatic rings. The summed E-state index contributed by atoms with van der Waals surface area (Å²) in [7, 11) is 0. The maximum Gasteiger partial charge on any atom is 0.150 e. The Kier molecular flexibility index (Phi) is 1.90. The van der Waals surface area contributed by atoms with E-state index in [1.807, 2.05) is 0 Å². The van der Waals surface area contributed by atoms with Gasteiger partial charge in [-0.2, -0.15) is 0 Å². The predicted octanol–water partition coefficient (Wildman–Crippen LogP) is 1.43. The Morgan fingerprint density at radius 3 is 3.08 bits per heavy atom. The topological polar surface area (TPSA) is 47.3 Å². The Morgan fingerprint density at radius 1 is 1.46 bits per heavy atom. The highest BCUT2D eigenvalue weighted by molar-refractivity contribution is 5.61. The van der Waals surface area contributed by atoms with Crippen LogP contribution in [-0.2, 0) is 0 Å². The van der Waals surface area contributed by atoms with E-state index in [-0.39, 0.29) is 5.82 Å². The van der Waals surface area contributed by atoms with Gasteiger partial charge in [-0.25, -0.2) is 4.39 Å². The lowest BCUT2D eigenvalue weighted by molar-refractivity contribution is 0.468. The van der Waals surface area contributed by atoms with Crippen molar-refractivity contribution in [1.82, 2.24) is 0 Å². The fourth-order valence-electron chi connectivity index (χ4n) is 1.14. The number of rotatable bonds is 1. The fourth-order valence-corrected chi connectivity index (χ4v) is 1.14. The molecule has 3 nitrogen and oxygen atoms in total. The largest absolute Gasteiger partial charge is 0.461 e. The van der Waals surface area contributed by atoms with Gasteiger partial charge in [0.2, 0.25) is 0 Å². The van der Waals surface area contributed by atoms with Crippen molar-refractivity contribution in [3.8, 4) is 5.75 Å². The maximum atomic E-state index is 12.8. The van der Waals surface area contributed by atoms with Crippen molar-refractivity contribution >= 4 is 5.69 Å². The standard InChI is InChI=1S/C9H9FN2O/c10-6-1-2-9-8(3-6)12-7(4-11)5-13-9/h1-3,5,12H,4,11H2. The first-order valence-corrected chi connectivity index (χ1v) is 3.92. The first kappa shape index (κ1) is 8.07. The number of nitrogens with one attached hydrogen (secondary N) is 1. The zero-order valence-corrected chi connectivity index (χ0v) is 6.88. The molecule has 0 radical (unpaired) electrons. The lowest BCUT2D eigenvalue weighted by Crippen LogP contribution is -2.16. The van der Waals surface area contributed by atoms with Crippen LogP contribution in [-0.4, -0.2) is 6.54 Å². The Labute approximate surface area is 75.0 Å². The average molecular weight is 180 g/mol. The Bertz CT molecular complexity index is 363. The summed E-state index contributed by atoms with van der Waals surface area (Å²) < 4.78 is 18.0. The predicted molar refractivity (Wildman–Crippen MR) is 47.8 cm³/mol. The van der Waals surface area contributed by atoms with Gasteiger partial charge in [-0.1, -0.05) is 0 Å². The van der Waals surface area contributed by atoms with Crippen LogP contribution in [0.25, 0.3) is 0 Å². The summed E-state index contributed by atoms with van der Waals surface area (Å²) in [6.07, 6.45) is 1.53. The van der Waals surface area contributed by atoms with Crippen molar-refractivity contribution in [3.63, 3.8) is 0 Å². The molecule has 0 saturated heterocycles. The summed E-state index contributed by atoms with van der Waals surface area (Å²) in [4.78, 5) is 0. The van der Waals surface area contributed by atoms with Crippen LogP contribution in [0.15, 0.2) is 30.2 Å². The average Bonchev–Trinajstić information content (AvgIpc) is 2.16. The molecule has 2 rings (SSSR count). The number of ether oxygens (including phenoxy) is 1. The molecule has 1 aliphatic heterocycles. The lowest BCUT2D eigenvalue weighted by Gasteiger charge is -2.18. The Morgan fingerprint density at radius 2 is 2.31 bits per heavy atom. The molecular weight excluding hydrogens is 171 g/mol. The van der Waals surface area contributed by atoms with Crippen molar-refractivity contribution in [2.75, 3.05) is 11.9 Å². The number of nitrogens with two attached hydrogens (primary N) is 1. The molecule has 0 atom stereocenters. The molecule has 4 heteroatoms. The third-order valence-electron chi connectivity index (χ3n) is 1.78. The van der Waals surface area contributed by atoms with E-state index in [1.165, 1.54) is 18.4 Å². The van der Waals surface area contributed by atoms with E-state index in [9.17, 15) is 4.39 Å². The molecule has 68 valence electrons. The highest BCUT2D eigenvalue weighted by Gasteiger charge is 2.10. The molecule has 0 fully saturated rings. The lowest BCUT2D eigenvalue weighted by atomic mass is 10.2. The molecule has 0 bridgehead atoms. The van der Waals surface area contributed by atoms with Crippen LogP contribution < -0.4 is 15.8 Å². The molecule has 0 unspecified atom stereocenters. The van der Waals surface area contributed by atoms with Gasteiger partial charge >= 0.3 is 0 Å². The number of anilines is 1. The molecule has 13 heavy (non-hydrogen) atoms. The summed E-state index contributed by atoms with van der Waals surface area (Å²) in [6.45, 7) is 0.343. The molecule has 3 N–H and O–H groups in total. The molecule has 0 saturated carbocycles. The SMILES string of the molecule is NCC1=COc2ccc(F)cc2N1. The normalized spacial score (nSPS) is 13.8. The maximum absolute atomic E-state index is 12.8. The highest BCUT2D eigenvalue weighted by atomic mass is 19.1. The van der Waals surface area contributed by atoms with Gasteiger partial charge in [0.05, 0.1) is 11.4 Å². The van der Waals surface area contributed by atoms with E-state index in [2.05, 4.69) is 5.32 Å². The fraction of sp³-hybridized carbons (Fsp3) is 0.111.